The molecule has 0 atom stereocenters. The maximum Gasteiger partial charge on any atom is 0.165 e. The van der Waals surface area contributed by atoms with E-state index in [9.17, 15) is 0 Å². The molecule has 0 saturated heterocycles. The maximum atomic E-state index is 4.87. The highest BCUT2D eigenvalue weighted by atomic mass is 16.3. The van der Waals surface area contributed by atoms with Gasteiger partial charge in [0.05, 0.1) is 11.8 Å². The minimum atomic E-state index is 0.633. The van der Waals surface area contributed by atoms with E-state index in [0.29, 0.717) is 5.82 Å². The molecule has 0 saturated carbocycles. The third-order valence-electron chi connectivity index (χ3n) is 1.27. The fraction of sp³-hybridized carbons (Fsp3) is 0. The molecule has 0 unspecified atom stereocenters. The Morgan fingerprint density at radius 2 is 2.00 bits per heavy atom. The lowest BCUT2D eigenvalue weighted by Crippen LogP contribution is -1.86. The first kappa shape index (κ1) is 6.03. The highest BCUT2D eigenvalue weighted by Crippen LogP contribution is 2.12. The zero-order valence-electron chi connectivity index (χ0n) is 5.64. The molecule has 0 bridgehead atoms. The van der Waals surface area contributed by atoms with Crippen LogP contribution in [-0.4, -0.2) is 15.0 Å². The Balaban J connectivity index is 2.46. The summed E-state index contributed by atoms with van der Waals surface area (Å²) >= 11 is 0. The lowest BCUT2D eigenvalue weighted by Gasteiger charge is -1.89. The van der Waals surface area contributed by atoms with E-state index in [4.69, 9.17) is 4.42 Å². The molecule has 0 aliphatic heterocycles. The van der Waals surface area contributed by atoms with Crippen LogP contribution in [0.2, 0.25) is 0 Å². The monoisotopic (exact) mass is 147 g/mol. The minimum Gasteiger partial charge on any atom is -0.472 e. The van der Waals surface area contributed by atoms with E-state index in [0.717, 1.165) is 5.56 Å². The van der Waals surface area contributed by atoms with E-state index in [1.807, 2.05) is 0 Å². The SMILES string of the molecule is c1ncnc(-c2ccoc2)n1. The third-order valence-corrected chi connectivity index (χ3v) is 1.27. The van der Waals surface area contributed by atoms with Crippen molar-refractivity contribution in [3.8, 4) is 11.4 Å². The van der Waals surface area contributed by atoms with E-state index in [1.165, 1.54) is 12.7 Å². The van der Waals surface area contributed by atoms with Gasteiger partial charge in [0.25, 0.3) is 0 Å². The molecule has 0 aliphatic carbocycles. The van der Waals surface area contributed by atoms with Gasteiger partial charge >= 0.3 is 0 Å². The van der Waals surface area contributed by atoms with Crippen LogP contribution in [0.3, 0.4) is 0 Å². The van der Waals surface area contributed by atoms with Gasteiger partial charge in [0.1, 0.15) is 18.9 Å². The van der Waals surface area contributed by atoms with Crippen molar-refractivity contribution < 1.29 is 4.42 Å². The number of hydrogen-bond donors (Lipinski definition) is 0. The first-order chi connectivity index (χ1) is 5.47. The van der Waals surface area contributed by atoms with Crippen LogP contribution in [0.15, 0.2) is 35.7 Å². The van der Waals surface area contributed by atoms with E-state index < -0.39 is 0 Å². The van der Waals surface area contributed by atoms with Crippen molar-refractivity contribution in [1.29, 1.82) is 0 Å². The molecule has 2 aromatic rings. The summed E-state index contributed by atoms with van der Waals surface area (Å²) in [6, 6.07) is 1.80. The molecule has 0 aromatic carbocycles. The Morgan fingerprint density at radius 1 is 1.18 bits per heavy atom. The van der Waals surface area contributed by atoms with Crippen LogP contribution in [0.5, 0.6) is 0 Å². The van der Waals surface area contributed by atoms with Gasteiger partial charge in [-0.15, -0.1) is 0 Å². The van der Waals surface area contributed by atoms with Gasteiger partial charge < -0.3 is 4.42 Å². The average Bonchev–Trinajstić information content (AvgIpc) is 2.58. The number of hydrogen-bond acceptors (Lipinski definition) is 4. The Kier molecular flexibility index (Phi) is 1.37. The van der Waals surface area contributed by atoms with E-state index >= 15 is 0 Å². The fourth-order valence-electron chi connectivity index (χ4n) is 0.780. The molecular weight excluding hydrogens is 142 g/mol. The average molecular weight is 147 g/mol. The normalized spacial score (nSPS) is 9.82. The second-order valence-electron chi connectivity index (χ2n) is 1.97. The molecule has 2 aromatic heterocycles. The molecular formula is C7H5N3O. The number of furan rings is 1. The van der Waals surface area contributed by atoms with Crippen LogP contribution in [0.4, 0.5) is 0 Å². The Labute approximate surface area is 62.9 Å². The van der Waals surface area contributed by atoms with Crippen molar-refractivity contribution in [3.05, 3.63) is 31.2 Å². The van der Waals surface area contributed by atoms with Crippen LogP contribution in [-0.2, 0) is 0 Å². The maximum absolute atomic E-state index is 4.87. The highest BCUT2D eigenvalue weighted by Gasteiger charge is 1.98. The molecule has 0 aliphatic rings. The molecule has 4 nitrogen and oxygen atoms in total. The van der Waals surface area contributed by atoms with Crippen LogP contribution in [0.1, 0.15) is 0 Å². The van der Waals surface area contributed by atoms with Crippen molar-refractivity contribution in [2.24, 2.45) is 0 Å². The summed E-state index contributed by atoms with van der Waals surface area (Å²) in [5, 5.41) is 0. The Bertz CT molecular complexity index is 317. The van der Waals surface area contributed by atoms with Gasteiger partial charge in [-0.3, -0.25) is 0 Å². The van der Waals surface area contributed by atoms with E-state index in [1.54, 1.807) is 18.6 Å². The summed E-state index contributed by atoms with van der Waals surface area (Å²) in [5.74, 6) is 0.633. The Hall–Kier alpha value is -1.71. The molecule has 2 rings (SSSR count). The second-order valence-corrected chi connectivity index (χ2v) is 1.97. The number of rotatable bonds is 1. The van der Waals surface area contributed by atoms with Crippen LogP contribution < -0.4 is 0 Å². The fourth-order valence-corrected chi connectivity index (χ4v) is 0.780. The summed E-state index contributed by atoms with van der Waals surface area (Å²) in [6.07, 6.45) is 6.08. The van der Waals surface area contributed by atoms with Crippen molar-refractivity contribution in [1.82, 2.24) is 15.0 Å². The van der Waals surface area contributed by atoms with Gasteiger partial charge in [-0.1, -0.05) is 0 Å². The smallest absolute Gasteiger partial charge is 0.165 e. The van der Waals surface area contributed by atoms with Gasteiger partial charge in [0.2, 0.25) is 0 Å². The predicted molar refractivity (Wildman–Crippen MR) is 37.5 cm³/mol. The minimum absolute atomic E-state index is 0.633. The molecule has 54 valence electrons. The third kappa shape index (κ3) is 1.10. The van der Waals surface area contributed by atoms with Crippen LogP contribution >= 0.6 is 0 Å². The first-order valence-electron chi connectivity index (χ1n) is 3.11. The summed E-state index contributed by atoms with van der Waals surface area (Å²) in [6.45, 7) is 0. The molecule has 11 heavy (non-hydrogen) atoms. The molecule has 0 amide bonds. The first-order valence-corrected chi connectivity index (χ1v) is 3.11. The highest BCUT2D eigenvalue weighted by molar-refractivity contribution is 5.51. The van der Waals surface area contributed by atoms with Crippen LogP contribution in [0, 0.1) is 0 Å². The lowest BCUT2D eigenvalue weighted by atomic mass is 10.3. The van der Waals surface area contributed by atoms with Gasteiger partial charge in [0, 0.05) is 0 Å². The number of aromatic nitrogens is 3. The standard InChI is InChI=1S/C7H5N3O/c1-2-11-3-6(1)7-9-4-8-5-10-7/h1-5H. The summed E-state index contributed by atoms with van der Waals surface area (Å²) in [5.41, 5.74) is 0.868. The molecule has 0 fully saturated rings. The predicted octanol–water partition coefficient (Wildman–Crippen LogP) is 1.13. The zero-order valence-corrected chi connectivity index (χ0v) is 5.64. The van der Waals surface area contributed by atoms with Crippen molar-refractivity contribution in [2.75, 3.05) is 0 Å². The van der Waals surface area contributed by atoms with E-state index in [-0.39, 0.29) is 0 Å². The topological polar surface area (TPSA) is 51.8 Å². The van der Waals surface area contributed by atoms with Crippen molar-refractivity contribution in [3.63, 3.8) is 0 Å². The van der Waals surface area contributed by atoms with Crippen molar-refractivity contribution >= 4 is 0 Å². The van der Waals surface area contributed by atoms with Gasteiger partial charge in [0.15, 0.2) is 5.82 Å². The van der Waals surface area contributed by atoms with Gasteiger partial charge in [-0.05, 0) is 6.07 Å². The molecule has 2 heterocycles. The van der Waals surface area contributed by atoms with Gasteiger partial charge in [-0.2, -0.15) is 0 Å². The Morgan fingerprint density at radius 3 is 2.64 bits per heavy atom. The summed E-state index contributed by atoms with van der Waals surface area (Å²) in [4.78, 5) is 11.6. The largest absolute Gasteiger partial charge is 0.472 e. The molecule has 0 spiro atoms. The number of nitrogens with zero attached hydrogens (tertiary/aromatic N) is 3. The molecule has 4 heteroatoms. The van der Waals surface area contributed by atoms with Crippen LogP contribution in [0.25, 0.3) is 11.4 Å². The zero-order chi connectivity index (χ0) is 7.52. The lowest BCUT2D eigenvalue weighted by molar-refractivity contribution is 0.568. The van der Waals surface area contributed by atoms with E-state index in [2.05, 4.69) is 15.0 Å². The quantitative estimate of drug-likeness (QED) is 0.606. The summed E-state index contributed by atoms with van der Waals surface area (Å²) in [7, 11) is 0. The van der Waals surface area contributed by atoms with Gasteiger partial charge in [-0.25, -0.2) is 15.0 Å². The summed E-state index contributed by atoms with van der Waals surface area (Å²) < 4.78 is 4.87. The molecule has 0 N–H and O–H groups in total. The van der Waals surface area contributed by atoms with Crippen molar-refractivity contribution in [2.45, 2.75) is 0 Å². The molecule has 0 radical (unpaired) electrons. The second kappa shape index (κ2) is 2.49.